The Morgan fingerprint density at radius 1 is 1.33 bits per heavy atom. The average Bonchev–Trinajstić information content (AvgIpc) is 2.56. The van der Waals surface area contributed by atoms with Gasteiger partial charge in [-0.05, 0) is 39.5 Å². The molecule has 0 aliphatic heterocycles. The monoisotopic (exact) mass is 213 g/mol. The van der Waals surface area contributed by atoms with E-state index >= 15 is 0 Å². The smallest absolute Gasteiger partial charge is 0.224 e. The Kier molecular flexibility index (Phi) is 2.67. The van der Waals surface area contributed by atoms with E-state index < -0.39 is 11.1 Å². The number of rotatable bonds is 3. The van der Waals surface area contributed by atoms with Crippen molar-refractivity contribution < 1.29 is 9.90 Å². The molecule has 1 fully saturated rings. The summed E-state index contributed by atoms with van der Waals surface area (Å²) >= 11 is 0. The molecule has 0 aromatic carbocycles. The lowest BCUT2D eigenvalue weighted by atomic mass is 9.85. The Morgan fingerprint density at radius 3 is 2.00 bits per heavy atom. The van der Waals surface area contributed by atoms with Crippen molar-refractivity contribution in [1.29, 1.82) is 0 Å². The van der Waals surface area contributed by atoms with Crippen molar-refractivity contribution in [2.24, 2.45) is 11.3 Å². The van der Waals surface area contributed by atoms with Crippen LogP contribution in [0.5, 0.6) is 0 Å². The summed E-state index contributed by atoms with van der Waals surface area (Å²) in [5, 5.41) is 12.8. The standard InChI is InChI=1S/C12H23NO2/c1-10(2)7-8(10)9(14)13-11(3,4)12(5,6)15/h8,15H,7H2,1-6H3,(H,13,14). The van der Waals surface area contributed by atoms with E-state index in [0.717, 1.165) is 6.42 Å². The maximum absolute atomic E-state index is 11.9. The van der Waals surface area contributed by atoms with E-state index in [-0.39, 0.29) is 17.2 Å². The van der Waals surface area contributed by atoms with E-state index in [1.165, 1.54) is 0 Å². The van der Waals surface area contributed by atoms with E-state index in [9.17, 15) is 9.90 Å². The normalized spacial score (nSPS) is 24.9. The molecule has 0 heterocycles. The van der Waals surface area contributed by atoms with Crippen molar-refractivity contribution in [2.45, 2.75) is 59.1 Å². The molecule has 88 valence electrons. The van der Waals surface area contributed by atoms with E-state index in [4.69, 9.17) is 0 Å². The first-order chi connectivity index (χ1) is 6.47. The largest absolute Gasteiger partial charge is 0.388 e. The van der Waals surface area contributed by atoms with Crippen molar-refractivity contribution in [3.63, 3.8) is 0 Å². The first-order valence-electron chi connectivity index (χ1n) is 5.52. The first kappa shape index (κ1) is 12.5. The van der Waals surface area contributed by atoms with Gasteiger partial charge in [0.05, 0.1) is 11.1 Å². The van der Waals surface area contributed by atoms with Gasteiger partial charge < -0.3 is 10.4 Å². The van der Waals surface area contributed by atoms with Crippen LogP contribution in [0.4, 0.5) is 0 Å². The van der Waals surface area contributed by atoms with Crippen molar-refractivity contribution in [3.05, 3.63) is 0 Å². The fourth-order valence-electron chi connectivity index (χ4n) is 1.46. The second-order valence-corrected chi connectivity index (χ2v) is 6.42. The SMILES string of the molecule is CC1(C)CC1C(=O)NC(C)(C)C(C)(C)O. The van der Waals surface area contributed by atoms with Crippen LogP contribution in [0.3, 0.4) is 0 Å². The van der Waals surface area contributed by atoms with E-state index in [1.807, 2.05) is 13.8 Å². The molecule has 0 aromatic rings. The van der Waals surface area contributed by atoms with Crippen molar-refractivity contribution in [3.8, 4) is 0 Å². The molecule has 1 unspecified atom stereocenters. The van der Waals surface area contributed by atoms with Crippen molar-refractivity contribution in [1.82, 2.24) is 5.32 Å². The van der Waals surface area contributed by atoms with Crippen LogP contribution in [0.25, 0.3) is 0 Å². The van der Waals surface area contributed by atoms with Crippen LogP contribution in [0.1, 0.15) is 48.0 Å². The Hall–Kier alpha value is -0.570. The van der Waals surface area contributed by atoms with Gasteiger partial charge in [0.1, 0.15) is 0 Å². The summed E-state index contributed by atoms with van der Waals surface area (Å²) < 4.78 is 0. The van der Waals surface area contributed by atoms with Gasteiger partial charge in [0.15, 0.2) is 0 Å². The molecule has 1 atom stereocenters. The minimum atomic E-state index is -0.915. The topological polar surface area (TPSA) is 49.3 Å². The highest BCUT2D eigenvalue weighted by Gasteiger charge is 2.52. The fourth-order valence-corrected chi connectivity index (χ4v) is 1.46. The molecule has 1 aliphatic carbocycles. The number of hydrogen-bond donors (Lipinski definition) is 2. The summed E-state index contributed by atoms with van der Waals surface area (Å²) in [5.74, 6) is 0.172. The predicted molar refractivity (Wildman–Crippen MR) is 60.4 cm³/mol. The maximum Gasteiger partial charge on any atom is 0.224 e. The maximum atomic E-state index is 11.9. The molecule has 1 aliphatic rings. The second-order valence-electron chi connectivity index (χ2n) is 6.42. The lowest BCUT2D eigenvalue weighted by molar-refractivity contribution is -0.128. The Labute approximate surface area is 92.3 Å². The summed E-state index contributed by atoms with van der Waals surface area (Å²) in [5.41, 5.74) is -1.37. The third-order valence-corrected chi connectivity index (χ3v) is 3.80. The fraction of sp³-hybridized carbons (Fsp3) is 0.917. The van der Waals surface area contributed by atoms with Crippen LogP contribution in [0.15, 0.2) is 0 Å². The van der Waals surface area contributed by atoms with E-state index in [0.29, 0.717) is 0 Å². The zero-order valence-corrected chi connectivity index (χ0v) is 10.6. The lowest BCUT2D eigenvalue weighted by Crippen LogP contribution is -2.58. The molecule has 1 amide bonds. The average molecular weight is 213 g/mol. The third-order valence-electron chi connectivity index (χ3n) is 3.80. The first-order valence-corrected chi connectivity index (χ1v) is 5.52. The summed E-state index contributed by atoms with van der Waals surface area (Å²) in [6, 6.07) is 0. The van der Waals surface area contributed by atoms with Crippen molar-refractivity contribution >= 4 is 5.91 Å². The van der Waals surface area contributed by atoms with Gasteiger partial charge in [-0.3, -0.25) is 4.79 Å². The summed E-state index contributed by atoms with van der Waals surface area (Å²) in [6.45, 7) is 11.3. The van der Waals surface area contributed by atoms with Crippen molar-refractivity contribution in [2.75, 3.05) is 0 Å². The molecule has 0 radical (unpaired) electrons. The molecule has 0 spiro atoms. The minimum Gasteiger partial charge on any atom is -0.388 e. The predicted octanol–water partition coefficient (Wildman–Crippen LogP) is 1.70. The highest BCUT2D eigenvalue weighted by molar-refractivity contribution is 5.83. The number of nitrogens with one attached hydrogen (secondary N) is 1. The van der Waals surface area contributed by atoms with Gasteiger partial charge in [-0.1, -0.05) is 13.8 Å². The highest BCUT2D eigenvalue weighted by atomic mass is 16.3. The molecule has 0 bridgehead atoms. The van der Waals surface area contributed by atoms with Crippen LogP contribution in [-0.4, -0.2) is 22.2 Å². The second kappa shape index (κ2) is 3.21. The van der Waals surface area contributed by atoms with E-state index in [2.05, 4.69) is 19.2 Å². The zero-order chi connectivity index (χ0) is 12.1. The Morgan fingerprint density at radius 2 is 1.73 bits per heavy atom. The highest BCUT2D eigenvalue weighted by Crippen LogP contribution is 2.51. The van der Waals surface area contributed by atoms with Crippen LogP contribution in [0, 0.1) is 11.3 Å². The third kappa shape index (κ3) is 2.51. The molecule has 15 heavy (non-hydrogen) atoms. The quantitative estimate of drug-likeness (QED) is 0.749. The minimum absolute atomic E-state index is 0.0622. The summed E-state index contributed by atoms with van der Waals surface area (Å²) in [4.78, 5) is 11.9. The number of aliphatic hydroxyl groups is 1. The number of carbonyl (C=O) groups is 1. The molecule has 0 aromatic heterocycles. The molecular weight excluding hydrogens is 190 g/mol. The molecule has 0 saturated heterocycles. The summed E-state index contributed by atoms with van der Waals surface area (Å²) in [6.07, 6.45) is 0.945. The van der Waals surface area contributed by atoms with Gasteiger partial charge in [0.2, 0.25) is 5.91 Å². The van der Waals surface area contributed by atoms with Gasteiger partial charge in [-0.15, -0.1) is 0 Å². The van der Waals surface area contributed by atoms with Gasteiger partial charge in [-0.25, -0.2) is 0 Å². The Balaban J connectivity index is 2.60. The van der Waals surface area contributed by atoms with E-state index in [1.54, 1.807) is 13.8 Å². The molecule has 1 saturated carbocycles. The molecular formula is C12H23NO2. The number of hydrogen-bond acceptors (Lipinski definition) is 2. The summed E-state index contributed by atoms with van der Waals surface area (Å²) in [7, 11) is 0. The van der Waals surface area contributed by atoms with Gasteiger partial charge in [0.25, 0.3) is 0 Å². The van der Waals surface area contributed by atoms with Crippen LogP contribution in [-0.2, 0) is 4.79 Å². The number of carbonyl (C=O) groups excluding carboxylic acids is 1. The van der Waals surface area contributed by atoms with Gasteiger partial charge in [0, 0.05) is 5.92 Å². The molecule has 1 rings (SSSR count). The molecule has 3 nitrogen and oxygen atoms in total. The lowest BCUT2D eigenvalue weighted by Gasteiger charge is -2.38. The zero-order valence-electron chi connectivity index (χ0n) is 10.6. The Bertz CT molecular complexity index is 274. The molecule has 3 heteroatoms. The van der Waals surface area contributed by atoms with Crippen LogP contribution >= 0.6 is 0 Å². The van der Waals surface area contributed by atoms with Crippen LogP contribution < -0.4 is 5.32 Å². The molecule has 2 N–H and O–H groups in total. The van der Waals surface area contributed by atoms with Gasteiger partial charge >= 0.3 is 0 Å². The van der Waals surface area contributed by atoms with Gasteiger partial charge in [-0.2, -0.15) is 0 Å². The number of amides is 1. The van der Waals surface area contributed by atoms with Crippen LogP contribution in [0.2, 0.25) is 0 Å².